The molecule has 27 heavy (non-hydrogen) atoms. The lowest BCUT2D eigenvalue weighted by molar-refractivity contribution is -0.140. The predicted octanol–water partition coefficient (Wildman–Crippen LogP) is -0.471. The summed E-state index contributed by atoms with van der Waals surface area (Å²) in [6.07, 6.45) is 0.767. The molecule has 1 heterocycles. The van der Waals surface area contributed by atoms with Crippen molar-refractivity contribution < 1.29 is 29.1 Å². The van der Waals surface area contributed by atoms with Gasteiger partial charge in [0.05, 0.1) is 6.04 Å². The van der Waals surface area contributed by atoms with E-state index >= 15 is 0 Å². The SMILES string of the molecule is CCCC[C@H](NC(=O)O)C(=O)N[C@@H](C[C@@H]1CCNC1=O)C(=O)C(=O)NCC. The van der Waals surface area contributed by atoms with Gasteiger partial charge >= 0.3 is 6.09 Å². The Kier molecular flexibility index (Phi) is 9.24. The second-order valence-corrected chi connectivity index (χ2v) is 6.44. The average Bonchev–Trinajstić information content (AvgIpc) is 3.01. The highest BCUT2D eigenvalue weighted by Gasteiger charge is 2.35. The van der Waals surface area contributed by atoms with Gasteiger partial charge in [-0.25, -0.2) is 4.79 Å². The summed E-state index contributed by atoms with van der Waals surface area (Å²) < 4.78 is 0. The van der Waals surface area contributed by atoms with Gasteiger partial charge in [-0.1, -0.05) is 19.8 Å². The van der Waals surface area contributed by atoms with Crippen molar-refractivity contribution in [1.29, 1.82) is 0 Å². The van der Waals surface area contributed by atoms with Gasteiger partial charge in [0.15, 0.2) is 0 Å². The van der Waals surface area contributed by atoms with Crippen molar-refractivity contribution >= 4 is 29.6 Å². The third kappa shape index (κ3) is 7.24. The molecule has 1 aliphatic rings. The van der Waals surface area contributed by atoms with Gasteiger partial charge in [0.25, 0.3) is 5.91 Å². The van der Waals surface area contributed by atoms with E-state index in [1.54, 1.807) is 6.92 Å². The highest BCUT2D eigenvalue weighted by molar-refractivity contribution is 6.38. The zero-order valence-electron chi connectivity index (χ0n) is 15.7. The Hall–Kier alpha value is -2.65. The van der Waals surface area contributed by atoms with Crippen molar-refractivity contribution in [2.45, 2.75) is 58.0 Å². The normalized spacial score (nSPS) is 18.1. The van der Waals surface area contributed by atoms with Crippen molar-refractivity contribution in [3.63, 3.8) is 0 Å². The third-order valence-electron chi connectivity index (χ3n) is 4.34. The van der Waals surface area contributed by atoms with Gasteiger partial charge in [-0.3, -0.25) is 19.2 Å². The minimum absolute atomic E-state index is 0.0128. The van der Waals surface area contributed by atoms with Crippen LogP contribution in [0.3, 0.4) is 0 Å². The lowest BCUT2D eigenvalue weighted by Gasteiger charge is -2.23. The van der Waals surface area contributed by atoms with E-state index in [9.17, 15) is 24.0 Å². The molecule has 1 fully saturated rings. The number of ketones is 1. The number of Topliss-reactive ketones (excluding diaryl/α,β-unsaturated/α-hetero) is 1. The van der Waals surface area contributed by atoms with Crippen LogP contribution in [-0.4, -0.2) is 59.9 Å². The van der Waals surface area contributed by atoms with Crippen LogP contribution < -0.4 is 21.3 Å². The third-order valence-corrected chi connectivity index (χ3v) is 4.34. The molecule has 10 heteroatoms. The smallest absolute Gasteiger partial charge is 0.405 e. The molecule has 0 spiro atoms. The summed E-state index contributed by atoms with van der Waals surface area (Å²) >= 11 is 0. The van der Waals surface area contributed by atoms with Crippen LogP contribution in [0.4, 0.5) is 4.79 Å². The number of rotatable bonds is 11. The minimum Gasteiger partial charge on any atom is -0.465 e. The van der Waals surface area contributed by atoms with Crippen LogP contribution in [0.25, 0.3) is 0 Å². The molecule has 0 aromatic carbocycles. The Bertz CT molecular complexity index is 580. The summed E-state index contributed by atoms with van der Waals surface area (Å²) in [5.74, 6) is -3.11. The van der Waals surface area contributed by atoms with Crippen molar-refractivity contribution in [2.24, 2.45) is 5.92 Å². The Morgan fingerprint density at radius 2 is 1.89 bits per heavy atom. The van der Waals surface area contributed by atoms with Gasteiger partial charge in [-0.15, -0.1) is 0 Å². The monoisotopic (exact) mass is 384 g/mol. The first-order valence-corrected chi connectivity index (χ1v) is 9.19. The molecule has 5 N–H and O–H groups in total. The number of hydrogen-bond acceptors (Lipinski definition) is 5. The lowest BCUT2D eigenvalue weighted by atomic mass is 9.95. The molecular weight excluding hydrogens is 356 g/mol. The second kappa shape index (κ2) is 11.1. The van der Waals surface area contributed by atoms with E-state index in [1.165, 1.54) is 0 Å². The van der Waals surface area contributed by atoms with Crippen LogP contribution >= 0.6 is 0 Å². The van der Waals surface area contributed by atoms with E-state index in [2.05, 4.69) is 21.3 Å². The fourth-order valence-corrected chi connectivity index (χ4v) is 2.89. The quantitative estimate of drug-likeness (QED) is 0.303. The zero-order chi connectivity index (χ0) is 20.4. The van der Waals surface area contributed by atoms with E-state index in [4.69, 9.17) is 5.11 Å². The number of carbonyl (C=O) groups excluding carboxylic acids is 4. The van der Waals surface area contributed by atoms with E-state index in [0.29, 0.717) is 19.4 Å². The molecule has 0 saturated carbocycles. The number of amides is 4. The summed E-state index contributed by atoms with van der Waals surface area (Å²) in [6.45, 7) is 4.27. The Labute approximate surface area is 157 Å². The van der Waals surface area contributed by atoms with Gasteiger partial charge in [-0.2, -0.15) is 0 Å². The number of hydrogen-bond donors (Lipinski definition) is 5. The number of nitrogens with one attached hydrogen (secondary N) is 4. The molecule has 152 valence electrons. The lowest BCUT2D eigenvalue weighted by Crippen LogP contribution is -2.54. The van der Waals surface area contributed by atoms with E-state index < -0.39 is 41.7 Å². The van der Waals surface area contributed by atoms with Crippen LogP contribution in [0.5, 0.6) is 0 Å². The molecule has 3 atom stereocenters. The number of carbonyl (C=O) groups is 5. The van der Waals surface area contributed by atoms with Crippen LogP contribution in [0.15, 0.2) is 0 Å². The van der Waals surface area contributed by atoms with Gasteiger partial charge < -0.3 is 26.4 Å². The molecule has 0 unspecified atom stereocenters. The average molecular weight is 384 g/mol. The maximum absolute atomic E-state index is 12.5. The zero-order valence-corrected chi connectivity index (χ0v) is 15.7. The molecule has 0 aromatic heterocycles. The molecule has 0 radical (unpaired) electrons. The first-order chi connectivity index (χ1) is 12.8. The van der Waals surface area contributed by atoms with Crippen molar-refractivity contribution in [3.05, 3.63) is 0 Å². The summed E-state index contributed by atoms with van der Waals surface area (Å²) in [5.41, 5.74) is 0. The maximum atomic E-state index is 12.5. The van der Waals surface area contributed by atoms with Gasteiger partial charge in [0.2, 0.25) is 17.6 Å². The minimum atomic E-state index is -1.35. The fraction of sp³-hybridized carbons (Fsp3) is 0.706. The maximum Gasteiger partial charge on any atom is 0.405 e. The van der Waals surface area contributed by atoms with Crippen molar-refractivity contribution in [1.82, 2.24) is 21.3 Å². The molecule has 0 aromatic rings. The number of unbranched alkanes of at least 4 members (excludes halogenated alkanes) is 1. The molecule has 0 bridgehead atoms. The fourth-order valence-electron chi connectivity index (χ4n) is 2.89. The molecule has 10 nitrogen and oxygen atoms in total. The van der Waals surface area contributed by atoms with E-state index in [0.717, 1.165) is 6.42 Å². The number of carboxylic acid groups (broad SMARTS) is 1. The summed E-state index contributed by atoms with van der Waals surface area (Å²) in [5, 5.41) is 18.5. The molecular formula is C17H28N4O6. The Morgan fingerprint density at radius 1 is 1.19 bits per heavy atom. The van der Waals surface area contributed by atoms with Gasteiger partial charge in [0.1, 0.15) is 6.04 Å². The molecule has 1 aliphatic heterocycles. The summed E-state index contributed by atoms with van der Waals surface area (Å²) in [7, 11) is 0. The molecule has 1 rings (SSSR count). The van der Waals surface area contributed by atoms with Crippen LogP contribution in [0.2, 0.25) is 0 Å². The first kappa shape index (κ1) is 22.4. The summed E-state index contributed by atoms with van der Waals surface area (Å²) in [6, 6.07) is -2.23. The Balaban J connectivity index is 2.90. The first-order valence-electron chi connectivity index (χ1n) is 9.19. The topological polar surface area (TPSA) is 154 Å². The van der Waals surface area contributed by atoms with Gasteiger partial charge in [-0.05, 0) is 26.2 Å². The van der Waals surface area contributed by atoms with Crippen LogP contribution in [0.1, 0.15) is 46.0 Å². The van der Waals surface area contributed by atoms with Gasteiger partial charge in [0, 0.05) is 19.0 Å². The van der Waals surface area contributed by atoms with E-state index in [-0.39, 0.29) is 25.3 Å². The molecule has 1 saturated heterocycles. The van der Waals surface area contributed by atoms with Crippen LogP contribution in [0, 0.1) is 5.92 Å². The highest BCUT2D eigenvalue weighted by Crippen LogP contribution is 2.17. The predicted molar refractivity (Wildman–Crippen MR) is 95.8 cm³/mol. The highest BCUT2D eigenvalue weighted by atomic mass is 16.4. The second-order valence-electron chi connectivity index (χ2n) is 6.44. The Morgan fingerprint density at radius 3 is 2.41 bits per heavy atom. The molecule has 0 aliphatic carbocycles. The molecule has 4 amide bonds. The van der Waals surface area contributed by atoms with Crippen molar-refractivity contribution in [2.75, 3.05) is 13.1 Å². The van der Waals surface area contributed by atoms with Crippen molar-refractivity contribution in [3.8, 4) is 0 Å². The number of likely N-dealkylation sites (N-methyl/N-ethyl adjacent to an activating group) is 1. The van der Waals surface area contributed by atoms with E-state index in [1.807, 2.05) is 6.92 Å². The standard InChI is InChI=1S/C17H28N4O6/c1-3-5-6-11(21-17(26)27)15(24)20-12(13(22)16(25)18-4-2)9-10-7-8-19-14(10)23/h10-12,21H,3-9H2,1-2H3,(H,18,25)(H,19,23)(H,20,24)(H,26,27)/t10-,11-,12-/m0/s1. The largest absolute Gasteiger partial charge is 0.465 e. The van der Waals surface area contributed by atoms with Crippen LogP contribution in [-0.2, 0) is 19.2 Å². The summed E-state index contributed by atoms with van der Waals surface area (Å²) in [4.78, 5) is 59.6.